The molecule has 0 radical (unpaired) electrons. The number of nitrogens with one attached hydrogen (secondary N) is 4. The molecule has 1 aliphatic rings. The molecule has 1 aromatic carbocycles. The van der Waals surface area contributed by atoms with E-state index in [-0.39, 0.29) is 5.17 Å². The lowest BCUT2D eigenvalue weighted by atomic mass is 10.3. The van der Waals surface area contributed by atoms with E-state index in [1.165, 1.54) is 0 Å². The number of aryl methyl sites for hydroxylation is 1. The molecule has 2 aromatic rings. The van der Waals surface area contributed by atoms with E-state index in [9.17, 15) is 5.11 Å². The van der Waals surface area contributed by atoms with Gasteiger partial charge in [-0.25, -0.2) is 4.98 Å². The number of rotatable bonds is 10. The van der Waals surface area contributed by atoms with Crippen LogP contribution in [0, 0.1) is 5.41 Å². The fraction of sp³-hybridized carbons (Fsp3) is 0.444. The zero-order valence-corrected chi connectivity index (χ0v) is 15.5. The number of hydrogen-bond donors (Lipinski definition) is 5. The molecule has 26 heavy (non-hydrogen) atoms. The first-order valence-corrected chi connectivity index (χ1v) is 9.08. The maximum Gasteiger partial charge on any atom is 0.129 e. The lowest BCUT2D eigenvalue weighted by molar-refractivity contribution is 0.0530. The Hall–Kier alpha value is -2.09. The number of halogens is 1. The third-order valence-corrected chi connectivity index (χ3v) is 4.68. The van der Waals surface area contributed by atoms with E-state index >= 15 is 0 Å². The number of benzene rings is 1. The van der Waals surface area contributed by atoms with Crippen LogP contribution in [0.3, 0.4) is 0 Å². The van der Waals surface area contributed by atoms with Gasteiger partial charge >= 0.3 is 0 Å². The van der Waals surface area contributed by atoms with Gasteiger partial charge in [-0.3, -0.25) is 15.7 Å². The van der Waals surface area contributed by atoms with Gasteiger partial charge in [0.15, 0.2) is 0 Å². The number of allylic oxidation sites excluding steroid dienone is 1. The van der Waals surface area contributed by atoms with Gasteiger partial charge in [0.05, 0.1) is 23.2 Å². The Balaban J connectivity index is 1.45. The van der Waals surface area contributed by atoms with Crippen molar-refractivity contribution in [3.8, 4) is 0 Å². The summed E-state index contributed by atoms with van der Waals surface area (Å²) in [6, 6.07) is 7.93. The molecule has 1 saturated carbocycles. The van der Waals surface area contributed by atoms with Crippen molar-refractivity contribution in [1.29, 1.82) is 5.41 Å². The lowest BCUT2D eigenvalue weighted by Crippen LogP contribution is -2.35. The molecular formula is C18H24ClN5O2. The second-order valence-electron chi connectivity index (χ2n) is 6.65. The zero-order chi connectivity index (χ0) is 18.6. The molecule has 3 rings (SSSR count). The zero-order valence-electron chi connectivity index (χ0n) is 14.7. The minimum absolute atomic E-state index is 0.0753. The number of hydroxylamine groups is 1. The lowest BCUT2D eigenvalue weighted by Gasteiger charge is -2.18. The monoisotopic (exact) mass is 377 g/mol. The summed E-state index contributed by atoms with van der Waals surface area (Å²) in [5.74, 6) is 1.44. The van der Waals surface area contributed by atoms with Crippen LogP contribution in [-0.4, -0.2) is 39.0 Å². The number of nitrogens with zero attached hydrogens (tertiary/aromatic N) is 1. The first-order chi connectivity index (χ1) is 12.5. The van der Waals surface area contributed by atoms with Crippen molar-refractivity contribution in [2.24, 2.45) is 0 Å². The average Bonchev–Trinajstić information content (AvgIpc) is 3.21. The molecule has 0 saturated heterocycles. The first kappa shape index (κ1) is 18.7. The highest BCUT2D eigenvalue weighted by Gasteiger charge is 2.40. The fourth-order valence-electron chi connectivity index (χ4n) is 2.49. The minimum Gasteiger partial charge on any atom is -0.388 e. The third-order valence-electron chi connectivity index (χ3n) is 4.40. The van der Waals surface area contributed by atoms with E-state index in [2.05, 4.69) is 20.8 Å². The number of aromatic amines is 1. The molecule has 5 N–H and O–H groups in total. The highest BCUT2D eigenvalue weighted by Crippen LogP contribution is 2.34. The maximum absolute atomic E-state index is 9.94. The summed E-state index contributed by atoms with van der Waals surface area (Å²) in [7, 11) is 0. The van der Waals surface area contributed by atoms with Gasteiger partial charge in [0.25, 0.3) is 0 Å². The van der Waals surface area contributed by atoms with Gasteiger partial charge in [-0.15, -0.1) is 0 Å². The SMILES string of the molecule is C/C(C(=N)Cl)=C(\NCC1(O)CC1)NOCCCc1nc2ccccc2[nH]1. The van der Waals surface area contributed by atoms with Gasteiger partial charge in [0.1, 0.15) is 16.8 Å². The first-order valence-electron chi connectivity index (χ1n) is 8.70. The molecule has 8 heteroatoms. The topological polar surface area (TPSA) is 106 Å². The van der Waals surface area contributed by atoms with E-state index in [1.54, 1.807) is 6.92 Å². The van der Waals surface area contributed by atoms with Crippen molar-refractivity contribution in [3.05, 3.63) is 41.5 Å². The van der Waals surface area contributed by atoms with Crippen molar-refractivity contribution >= 4 is 27.8 Å². The number of fused-ring (bicyclic) bond motifs is 1. The minimum atomic E-state index is -0.650. The molecule has 140 valence electrons. The van der Waals surface area contributed by atoms with Gasteiger partial charge in [-0.05, 0) is 38.3 Å². The summed E-state index contributed by atoms with van der Waals surface area (Å²) in [5.41, 5.74) is 4.70. The van der Waals surface area contributed by atoms with E-state index in [0.29, 0.717) is 24.5 Å². The van der Waals surface area contributed by atoms with Gasteiger partial charge in [0.2, 0.25) is 0 Å². The summed E-state index contributed by atoms with van der Waals surface area (Å²) in [6.07, 6.45) is 3.11. The second kappa shape index (κ2) is 8.07. The molecule has 0 amide bonds. The molecule has 0 bridgehead atoms. The van der Waals surface area contributed by atoms with Crippen LogP contribution in [0.15, 0.2) is 35.7 Å². The molecule has 1 heterocycles. The van der Waals surface area contributed by atoms with Gasteiger partial charge in [-0.1, -0.05) is 23.7 Å². The Morgan fingerprint density at radius 1 is 1.42 bits per heavy atom. The second-order valence-corrected chi connectivity index (χ2v) is 7.02. The quantitative estimate of drug-likeness (QED) is 0.248. The number of hydrogen-bond acceptors (Lipinski definition) is 6. The Bertz CT molecular complexity index is 780. The summed E-state index contributed by atoms with van der Waals surface area (Å²) in [4.78, 5) is 13.3. The van der Waals surface area contributed by atoms with E-state index in [0.717, 1.165) is 42.5 Å². The number of aromatic nitrogens is 2. The molecule has 0 atom stereocenters. The smallest absolute Gasteiger partial charge is 0.129 e. The van der Waals surface area contributed by atoms with Crippen molar-refractivity contribution in [2.45, 2.75) is 38.2 Å². The standard InChI is InChI=1S/C18H24ClN5O2/c1-12(16(19)20)17(21-11-18(25)8-9-18)24-26-10-4-7-15-22-13-5-2-3-6-14(13)23-15/h2-3,5-6,20-21,24-25H,4,7-11H2,1H3,(H,22,23)/b17-12-,20-16?. The van der Waals surface area contributed by atoms with Crippen LogP contribution >= 0.6 is 11.6 Å². The Morgan fingerprint density at radius 2 is 2.19 bits per heavy atom. The summed E-state index contributed by atoms with van der Waals surface area (Å²) >= 11 is 5.76. The molecule has 1 fully saturated rings. The third kappa shape index (κ3) is 4.97. The molecule has 1 aliphatic carbocycles. The van der Waals surface area contributed by atoms with Crippen LogP contribution in [0.5, 0.6) is 0 Å². The predicted octanol–water partition coefficient (Wildman–Crippen LogP) is 2.58. The van der Waals surface area contributed by atoms with Gasteiger partial charge in [-0.2, -0.15) is 0 Å². The molecule has 1 aromatic heterocycles. The number of H-pyrrole nitrogens is 1. The van der Waals surface area contributed by atoms with Crippen LogP contribution < -0.4 is 10.8 Å². The van der Waals surface area contributed by atoms with Crippen molar-refractivity contribution in [2.75, 3.05) is 13.2 Å². The highest BCUT2D eigenvalue weighted by molar-refractivity contribution is 6.68. The Morgan fingerprint density at radius 3 is 2.88 bits per heavy atom. The van der Waals surface area contributed by atoms with E-state index < -0.39 is 5.60 Å². The van der Waals surface area contributed by atoms with Crippen LogP contribution in [-0.2, 0) is 11.3 Å². The molecule has 7 nitrogen and oxygen atoms in total. The maximum atomic E-state index is 9.94. The largest absolute Gasteiger partial charge is 0.388 e. The number of aliphatic hydroxyl groups is 1. The predicted molar refractivity (Wildman–Crippen MR) is 102 cm³/mol. The summed E-state index contributed by atoms with van der Waals surface area (Å²) in [5, 5.41) is 20.5. The van der Waals surface area contributed by atoms with Crippen LogP contribution in [0.25, 0.3) is 11.0 Å². The number of para-hydroxylation sites is 2. The molecular weight excluding hydrogens is 354 g/mol. The highest BCUT2D eigenvalue weighted by atomic mass is 35.5. The van der Waals surface area contributed by atoms with Crippen LogP contribution in [0.1, 0.15) is 32.0 Å². The van der Waals surface area contributed by atoms with E-state index in [1.807, 2.05) is 24.3 Å². The summed E-state index contributed by atoms with van der Waals surface area (Å²) < 4.78 is 0. The van der Waals surface area contributed by atoms with Crippen LogP contribution in [0.4, 0.5) is 0 Å². The fourth-order valence-corrected chi connectivity index (χ4v) is 2.58. The van der Waals surface area contributed by atoms with Crippen molar-refractivity contribution < 1.29 is 9.94 Å². The summed E-state index contributed by atoms with van der Waals surface area (Å²) in [6.45, 7) is 2.59. The molecule has 0 unspecified atom stereocenters. The average molecular weight is 378 g/mol. The Kier molecular flexibility index (Phi) is 5.80. The molecule has 0 aliphatic heterocycles. The van der Waals surface area contributed by atoms with Gasteiger partial charge < -0.3 is 15.4 Å². The van der Waals surface area contributed by atoms with Crippen molar-refractivity contribution in [3.63, 3.8) is 0 Å². The Labute approximate surface area is 157 Å². The molecule has 0 spiro atoms. The van der Waals surface area contributed by atoms with Crippen LogP contribution in [0.2, 0.25) is 0 Å². The number of imidazole rings is 1. The normalized spacial score (nSPS) is 16.3. The van der Waals surface area contributed by atoms with Gasteiger partial charge in [0, 0.05) is 18.5 Å². The van der Waals surface area contributed by atoms with E-state index in [4.69, 9.17) is 21.8 Å². The van der Waals surface area contributed by atoms with Crippen molar-refractivity contribution in [1.82, 2.24) is 20.8 Å².